The van der Waals surface area contributed by atoms with Crippen molar-refractivity contribution >= 4 is 11.8 Å². The Morgan fingerprint density at radius 1 is 1.38 bits per heavy atom. The second kappa shape index (κ2) is 12.1. The molecule has 0 rings (SSSR count). The molecule has 0 aliphatic heterocycles. The molecule has 0 fully saturated rings. The monoisotopic (exact) mass is 236 g/mol. The zero-order chi connectivity index (χ0) is 13.0. The Bertz CT molecular complexity index is 184. The Labute approximate surface area is 95.4 Å². The Morgan fingerprint density at radius 3 is 2.19 bits per heavy atom. The van der Waals surface area contributed by atoms with Crippen molar-refractivity contribution in [2.45, 2.75) is 33.3 Å². The van der Waals surface area contributed by atoms with Crippen LogP contribution in [0, 0.1) is 0 Å². The predicted octanol–water partition coefficient (Wildman–Crippen LogP) is 1.04. The molecule has 0 aromatic rings. The maximum atomic E-state index is 10.3. The van der Waals surface area contributed by atoms with Gasteiger partial charge in [0.1, 0.15) is 12.4 Å². The van der Waals surface area contributed by atoms with E-state index in [0.717, 1.165) is 0 Å². The summed E-state index contributed by atoms with van der Waals surface area (Å²) in [6.07, 6.45) is -0.0938. The first-order chi connectivity index (χ1) is 7.47. The van der Waals surface area contributed by atoms with E-state index in [1.807, 2.05) is 0 Å². The minimum absolute atomic E-state index is 0.0200. The maximum Gasteiger partial charge on any atom is 0.332 e. The van der Waals surface area contributed by atoms with Crippen LogP contribution in [-0.4, -0.2) is 43.4 Å². The molecular weight excluding hydrogens is 216 g/mol. The lowest BCUT2D eigenvalue weighted by molar-refractivity contribution is -0.273. The Hall–Kier alpha value is -0.980. The van der Waals surface area contributed by atoms with Gasteiger partial charge in [0.2, 0.25) is 0 Å². The first kappa shape index (κ1) is 17.4. The van der Waals surface area contributed by atoms with Gasteiger partial charge in [-0.05, 0) is 20.8 Å². The van der Waals surface area contributed by atoms with Crippen molar-refractivity contribution in [2.75, 3.05) is 20.3 Å². The summed E-state index contributed by atoms with van der Waals surface area (Å²) in [5, 5.41) is 7.93. The van der Waals surface area contributed by atoms with Crippen LogP contribution in [0.25, 0.3) is 0 Å². The molecule has 0 aliphatic carbocycles. The number of methoxy groups -OCH3 is 1. The van der Waals surface area contributed by atoms with E-state index in [1.165, 1.54) is 14.0 Å². The van der Waals surface area contributed by atoms with Crippen molar-refractivity contribution in [3.8, 4) is 0 Å². The minimum atomic E-state index is -0.368. The molecule has 0 aliphatic rings. The summed E-state index contributed by atoms with van der Waals surface area (Å²) in [7, 11) is 1.46. The molecule has 0 amide bonds. The highest BCUT2D eigenvalue weighted by Crippen LogP contribution is 1.93. The first-order valence-corrected chi connectivity index (χ1v) is 4.92. The molecule has 0 saturated heterocycles. The molecule has 6 nitrogen and oxygen atoms in total. The van der Waals surface area contributed by atoms with Crippen LogP contribution in [0.15, 0.2) is 0 Å². The summed E-state index contributed by atoms with van der Waals surface area (Å²) in [6, 6.07) is 0. The van der Waals surface area contributed by atoms with Crippen molar-refractivity contribution in [1.82, 2.24) is 0 Å². The summed E-state index contributed by atoms with van der Waals surface area (Å²) in [5.74, 6) is -0.290. The number of esters is 1. The van der Waals surface area contributed by atoms with Crippen molar-refractivity contribution < 1.29 is 29.2 Å². The average molecular weight is 236 g/mol. The first-order valence-electron chi connectivity index (χ1n) is 4.92. The van der Waals surface area contributed by atoms with Gasteiger partial charge >= 0.3 is 5.97 Å². The molecular formula is C10H20O6. The summed E-state index contributed by atoms with van der Waals surface area (Å²) < 4.78 is 9.00. The SMILES string of the molecule is CC(=O)CC(C)OO.CCOC(=O)COC. The highest BCUT2D eigenvalue weighted by Gasteiger charge is 2.02. The quantitative estimate of drug-likeness (QED) is 0.421. The van der Waals surface area contributed by atoms with E-state index in [9.17, 15) is 9.59 Å². The van der Waals surface area contributed by atoms with Crippen LogP contribution in [0.3, 0.4) is 0 Å². The molecule has 96 valence electrons. The molecule has 0 saturated carbocycles. The van der Waals surface area contributed by atoms with E-state index in [2.05, 4.69) is 14.4 Å². The molecule has 0 aromatic carbocycles. The molecule has 0 heterocycles. The standard InChI is InChI=1S/2C5H10O3/c1-4(6)3-5(2)8-7;1-3-8-5(6)4-7-2/h5,7H,3H2,1-2H3;3-4H2,1-2H3. The number of hydrogen-bond donors (Lipinski definition) is 1. The van der Waals surface area contributed by atoms with Gasteiger partial charge in [0.15, 0.2) is 0 Å². The third-order valence-electron chi connectivity index (χ3n) is 1.32. The Morgan fingerprint density at radius 2 is 1.94 bits per heavy atom. The normalized spacial score (nSPS) is 11.1. The maximum absolute atomic E-state index is 10.3. The molecule has 16 heavy (non-hydrogen) atoms. The van der Waals surface area contributed by atoms with E-state index in [1.54, 1.807) is 13.8 Å². The van der Waals surface area contributed by atoms with E-state index >= 15 is 0 Å². The number of rotatable bonds is 6. The average Bonchev–Trinajstić information content (AvgIpc) is 2.18. The molecule has 1 atom stereocenters. The topological polar surface area (TPSA) is 82.1 Å². The fraction of sp³-hybridized carbons (Fsp3) is 0.800. The van der Waals surface area contributed by atoms with Gasteiger partial charge in [-0.15, -0.1) is 0 Å². The van der Waals surface area contributed by atoms with Crippen molar-refractivity contribution in [1.29, 1.82) is 0 Å². The molecule has 0 bridgehead atoms. The highest BCUT2D eigenvalue weighted by molar-refractivity contribution is 5.75. The van der Waals surface area contributed by atoms with Crippen LogP contribution in [0.5, 0.6) is 0 Å². The molecule has 0 aromatic heterocycles. The Kier molecular flexibility index (Phi) is 13.2. The van der Waals surface area contributed by atoms with E-state index in [0.29, 0.717) is 6.61 Å². The molecule has 0 spiro atoms. The zero-order valence-electron chi connectivity index (χ0n) is 10.2. The highest BCUT2D eigenvalue weighted by atomic mass is 17.1. The molecule has 1 unspecified atom stereocenters. The van der Waals surface area contributed by atoms with Gasteiger partial charge < -0.3 is 9.47 Å². The number of ether oxygens (including phenoxy) is 2. The second-order valence-corrected chi connectivity index (χ2v) is 3.06. The Balaban J connectivity index is 0. The van der Waals surface area contributed by atoms with Crippen LogP contribution >= 0.6 is 0 Å². The summed E-state index contributed by atoms with van der Waals surface area (Å²) in [4.78, 5) is 24.4. The summed E-state index contributed by atoms with van der Waals surface area (Å²) >= 11 is 0. The van der Waals surface area contributed by atoms with Gasteiger partial charge in [0, 0.05) is 13.5 Å². The summed E-state index contributed by atoms with van der Waals surface area (Å²) in [6.45, 7) is 5.31. The molecule has 1 N–H and O–H groups in total. The van der Waals surface area contributed by atoms with Crippen LogP contribution in [-0.2, 0) is 24.0 Å². The predicted molar refractivity (Wildman–Crippen MR) is 57.0 cm³/mol. The minimum Gasteiger partial charge on any atom is -0.464 e. The van der Waals surface area contributed by atoms with Gasteiger partial charge in [-0.25, -0.2) is 9.68 Å². The van der Waals surface area contributed by atoms with Crippen LogP contribution < -0.4 is 0 Å². The van der Waals surface area contributed by atoms with Crippen molar-refractivity contribution in [2.24, 2.45) is 0 Å². The van der Waals surface area contributed by atoms with Crippen LogP contribution in [0.4, 0.5) is 0 Å². The summed E-state index contributed by atoms with van der Waals surface area (Å²) in [5.41, 5.74) is 0. The van der Waals surface area contributed by atoms with Gasteiger partial charge in [-0.3, -0.25) is 10.1 Å². The third kappa shape index (κ3) is 15.5. The molecule has 6 heteroatoms. The largest absolute Gasteiger partial charge is 0.464 e. The van der Waals surface area contributed by atoms with Crippen LogP contribution in [0.2, 0.25) is 0 Å². The molecule has 0 radical (unpaired) electrons. The van der Waals surface area contributed by atoms with Gasteiger partial charge in [-0.1, -0.05) is 0 Å². The second-order valence-electron chi connectivity index (χ2n) is 3.06. The van der Waals surface area contributed by atoms with Gasteiger partial charge in [-0.2, -0.15) is 0 Å². The lowest BCUT2D eigenvalue weighted by atomic mass is 10.2. The number of hydrogen-bond acceptors (Lipinski definition) is 6. The number of ketones is 1. The van der Waals surface area contributed by atoms with Crippen molar-refractivity contribution in [3.05, 3.63) is 0 Å². The fourth-order valence-corrected chi connectivity index (χ4v) is 0.763. The van der Waals surface area contributed by atoms with E-state index in [4.69, 9.17) is 5.26 Å². The van der Waals surface area contributed by atoms with Crippen molar-refractivity contribution in [3.63, 3.8) is 0 Å². The van der Waals surface area contributed by atoms with Gasteiger partial charge in [0.25, 0.3) is 0 Å². The number of carbonyl (C=O) groups is 2. The lowest BCUT2D eigenvalue weighted by Crippen LogP contribution is -2.10. The van der Waals surface area contributed by atoms with E-state index < -0.39 is 0 Å². The lowest BCUT2D eigenvalue weighted by Gasteiger charge is -2.01. The fourth-order valence-electron chi connectivity index (χ4n) is 0.763. The van der Waals surface area contributed by atoms with E-state index in [-0.39, 0.29) is 30.9 Å². The zero-order valence-corrected chi connectivity index (χ0v) is 10.2. The third-order valence-corrected chi connectivity index (χ3v) is 1.32. The number of carbonyl (C=O) groups excluding carboxylic acids is 2. The van der Waals surface area contributed by atoms with Crippen LogP contribution in [0.1, 0.15) is 27.2 Å². The number of Topliss-reactive ketones (excluding diaryl/α,β-unsaturated/α-hetero) is 1. The smallest absolute Gasteiger partial charge is 0.332 e. The van der Waals surface area contributed by atoms with Gasteiger partial charge in [0.05, 0.1) is 12.7 Å².